The Kier molecular flexibility index (Phi) is 5.95. The normalized spacial score (nSPS) is 14.4. The molecule has 3 nitrogen and oxygen atoms in total. The zero-order chi connectivity index (χ0) is 12.8. The minimum Gasteiger partial charge on any atom is -0.487 e. The Labute approximate surface area is 111 Å². The SMILES string of the molecule is CCOCC(C)Oc1ccc([C@H](C)N)cc1Br. The summed E-state index contributed by atoms with van der Waals surface area (Å²) in [6, 6.07) is 5.94. The summed E-state index contributed by atoms with van der Waals surface area (Å²) in [4.78, 5) is 0. The standard InChI is InChI=1S/C13H20BrNO2/c1-4-16-8-9(2)17-13-6-5-11(10(3)15)7-12(13)14/h5-7,9-10H,4,8,15H2,1-3H3/t9?,10-/m0/s1. The molecule has 1 rings (SSSR count). The molecule has 1 aromatic rings. The van der Waals surface area contributed by atoms with Gasteiger partial charge in [0, 0.05) is 12.6 Å². The fourth-order valence-corrected chi connectivity index (χ4v) is 1.92. The maximum atomic E-state index is 5.82. The van der Waals surface area contributed by atoms with Crippen LogP contribution in [-0.4, -0.2) is 19.3 Å². The smallest absolute Gasteiger partial charge is 0.134 e. The van der Waals surface area contributed by atoms with Crippen LogP contribution in [-0.2, 0) is 4.74 Å². The Morgan fingerprint density at radius 2 is 2.06 bits per heavy atom. The maximum absolute atomic E-state index is 5.82. The summed E-state index contributed by atoms with van der Waals surface area (Å²) < 4.78 is 12.0. The highest BCUT2D eigenvalue weighted by molar-refractivity contribution is 9.10. The molecule has 2 atom stereocenters. The fraction of sp³-hybridized carbons (Fsp3) is 0.538. The van der Waals surface area contributed by atoms with E-state index in [0.29, 0.717) is 13.2 Å². The molecule has 0 bridgehead atoms. The predicted molar refractivity (Wildman–Crippen MR) is 73.3 cm³/mol. The van der Waals surface area contributed by atoms with Crippen LogP contribution < -0.4 is 10.5 Å². The lowest BCUT2D eigenvalue weighted by Crippen LogP contribution is -2.19. The Morgan fingerprint density at radius 3 is 2.59 bits per heavy atom. The average Bonchev–Trinajstić information content (AvgIpc) is 2.28. The largest absolute Gasteiger partial charge is 0.487 e. The van der Waals surface area contributed by atoms with E-state index in [2.05, 4.69) is 15.9 Å². The van der Waals surface area contributed by atoms with E-state index in [-0.39, 0.29) is 12.1 Å². The van der Waals surface area contributed by atoms with E-state index >= 15 is 0 Å². The van der Waals surface area contributed by atoms with Crippen molar-refractivity contribution in [3.63, 3.8) is 0 Å². The van der Waals surface area contributed by atoms with Crippen LogP contribution in [0.1, 0.15) is 32.4 Å². The molecule has 0 heterocycles. The van der Waals surface area contributed by atoms with Gasteiger partial charge in [-0.15, -0.1) is 0 Å². The molecule has 1 aromatic carbocycles. The molecule has 0 aliphatic rings. The molecule has 96 valence electrons. The van der Waals surface area contributed by atoms with Crippen LogP contribution in [0.2, 0.25) is 0 Å². The second-order valence-electron chi connectivity index (χ2n) is 4.07. The van der Waals surface area contributed by atoms with Crippen molar-refractivity contribution in [3.05, 3.63) is 28.2 Å². The van der Waals surface area contributed by atoms with E-state index in [1.807, 2.05) is 39.0 Å². The number of ether oxygens (including phenoxy) is 2. The van der Waals surface area contributed by atoms with Gasteiger partial charge in [-0.2, -0.15) is 0 Å². The van der Waals surface area contributed by atoms with Crippen molar-refractivity contribution >= 4 is 15.9 Å². The third-order valence-corrected chi connectivity index (χ3v) is 2.99. The number of rotatable bonds is 6. The zero-order valence-corrected chi connectivity index (χ0v) is 12.2. The molecule has 4 heteroatoms. The molecule has 0 radical (unpaired) electrons. The van der Waals surface area contributed by atoms with Gasteiger partial charge in [-0.05, 0) is 54.4 Å². The van der Waals surface area contributed by atoms with Crippen LogP contribution in [0.3, 0.4) is 0 Å². The number of hydrogen-bond acceptors (Lipinski definition) is 3. The van der Waals surface area contributed by atoms with Crippen molar-refractivity contribution in [3.8, 4) is 5.75 Å². The monoisotopic (exact) mass is 301 g/mol. The second kappa shape index (κ2) is 6.99. The molecule has 2 N–H and O–H groups in total. The zero-order valence-electron chi connectivity index (χ0n) is 10.6. The first kappa shape index (κ1) is 14.5. The molecule has 0 aromatic heterocycles. The van der Waals surface area contributed by atoms with Gasteiger partial charge < -0.3 is 15.2 Å². The summed E-state index contributed by atoms with van der Waals surface area (Å²) in [5.41, 5.74) is 6.90. The second-order valence-corrected chi connectivity index (χ2v) is 4.92. The molecule has 0 saturated carbocycles. The van der Waals surface area contributed by atoms with Crippen LogP contribution in [0.15, 0.2) is 22.7 Å². The molecular weight excluding hydrogens is 282 g/mol. The summed E-state index contributed by atoms with van der Waals surface area (Å²) in [6.07, 6.45) is 0.0346. The van der Waals surface area contributed by atoms with Gasteiger partial charge in [0.15, 0.2) is 0 Å². The minimum absolute atomic E-state index is 0.0289. The molecule has 0 fully saturated rings. The van der Waals surface area contributed by atoms with Gasteiger partial charge in [0.1, 0.15) is 11.9 Å². The van der Waals surface area contributed by atoms with Crippen LogP contribution in [0.5, 0.6) is 5.75 Å². The van der Waals surface area contributed by atoms with Crippen molar-refractivity contribution in [2.75, 3.05) is 13.2 Å². The Hall–Kier alpha value is -0.580. The number of hydrogen-bond donors (Lipinski definition) is 1. The van der Waals surface area contributed by atoms with Gasteiger partial charge in [-0.1, -0.05) is 6.07 Å². The number of benzene rings is 1. The van der Waals surface area contributed by atoms with Crippen LogP contribution in [0.25, 0.3) is 0 Å². The Balaban J connectivity index is 2.65. The number of halogens is 1. The molecule has 0 aliphatic heterocycles. The topological polar surface area (TPSA) is 44.5 Å². The first-order chi connectivity index (χ1) is 8.04. The lowest BCUT2D eigenvalue weighted by molar-refractivity contribution is 0.0653. The van der Waals surface area contributed by atoms with Crippen LogP contribution in [0, 0.1) is 0 Å². The Morgan fingerprint density at radius 1 is 1.35 bits per heavy atom. The average molecular weight is 302 g/mol. The van der Waals surface area contributed by atoms with Gasteiger partial charge >= 0.3 is 0 Å². The van der Waals surface area contributed by atoms with Gasteiger partial charge in [0.25, 0.3) is 0 Å². The first-order valence-corrected chi connectivity index (χ1v) is 6.63. The van der Waals surface area contributed by atoms with Crippen LogP contribution >= 0.6 is 15.9 Å². The van der Waals surface area contributed by atoms with E-state index in [1.54, 1.807) is 0 Å². The Bertz CT molecular complexity index is 355. The van der Waals surface area contributed by atoms with Crippen molar-refractivity contribution in [1.82, 2.24) is 0 Å². The highest BCUT2D eigenvalue weighted by Crippen LogP contribution is 2.28. The van der Waals surface area contributed by atoms with E-state index in [4.69, 9.17) is 15.2 Å². The molecule has 1 unspecified atom stereocenters. The van der Waals surface area contributed by atoms with Gasteiger partial charge in [0.05, 0.1) is 11.1 Å². The van der Waals surface area contributed by atoms with E-state index < -0.39 is 0 Å². The fourth-order valence-electron chi connectivity index (χ4n) is 1.43. The van der Waals surface area contributed by atoms with Gasteiger partial charge in [-0.3, -0.25) is 0 Å². The quantitative estimate of drug-likeness (QED) is 0.877. The molecule has 0 saturated heterocycles. The molecular formula is C13H20BrNO2. The molecule has 0 aliphatic carbocycles. The summed E-state index contributed by atoms with van der Waals surface area (Å²) in [6.45, 7) is 7.22. The summed E-state index contributed by atoms with van der Waals surface area (Å²) >= 11 is 3.49. The van der Waals surface area contributed by atoms with Crippen molar-refractivity contribution in [1.29, 1.82) is 0 Å². The van der Waals surface area contributed by atoms with Gasteiger partial charge in [-0.25, -0.2) is 0 Å². The molecule has 17 heavy (non-hydrogen) atoms. The van der Waals surface area contributed by atoms with Crippen LogP contribution in [0.4, 0.5) is 0 Å². The lowest BCUT2D eigenvalue weighted by Gasteiger charge is -2.16. The molecule has 0 amide bonds. The lowest BCUT2D eigenvalue weighted by atomic mass is 10.1. The third-order valence-electron chi connectivity index (χ3n) is 2.37. The number of nitrogens with two attached hydrogens (primary N) is 1. The van der Waals surface area contributed by atoms with E-state index in [9.17, 15) is 0 Å². The van der Waals surface area contributed by atoms with Crippen molar-refractivity contribution < 1.29 is 9.47 Å². The third kappa shape index (κ3) is 4.66. The summed E-state index contributed by atoms with van der Waals surface area (Å²) in [7, 11) is 0. The first-order valence-electron chi connectivity index (χ1n) is 5.84. The van der Waals surface area contributed by atoms with E-state index in [0.717, 1.165) is 15.8 Å². The van der Waals surface area contributed by atoms with Crippen molar-refractivity contribution in [2.24, 2.45) is 5.73 Å². The molecule has 0 spiro atoms. The highest BCUT2D eigenvalue weighted by Gasteiger charge is 2.09. The van der Waals surface area contributed by atoms with Crippen molar-refractivity contribution in [2.45, 2.75) is 32.9 Å². The summed E-state index contributed by atoms with van der Waals surface area (Å²) in [5, 5.41) is 0. The predicted octanol–water partition coefficient (Wildman–Crippen LogP) is 3.27. The van der Waals surface area contributed by atoms with E-state index in [1.165, 1.54) is 0 Å². The summed E-state index contributed by atoms with van der Waals surface area (Å²) in [5.74, 6) is 0.821. The minimum atomic E-state index is 0.0289. The maximum Gasteiger partial charge on any atom is 0.134 e. The highest BCUT2D eigenvalue weighted by atomic mass is 79.9. The van der Waals surface area contributed by atoms with Gasteiger partial charge in [0.2, 0.25) is 0 Å².